The molecule has 4 rings (SSSR count). The summed E-state index contributed by atoms with van der Waals surface area (Å²) in [6.45, 7) is 1.40. The lowest BCUT2D eigenvalue weighted by Crippen LogP contribution is -2.71. The van der Waals surface area contributed by atoms with Crippen LogP contribution in [0.4, 0.5) is 0 Å². The highest BCUT2D eigenvalue weighted by Crippen LogP contribution is 2.35. The van der Waals surface area contributed by atoms with Gasteiger partial charge in [-0.3, -0.25) is 23.7 Å². The summed E-state index contributed by atoms with van der Waals surface area (Å²) < 4.78 is 77.9. The van der Waals surface area contributed by atoms with Crippen molar-refractivity contribution in [3.8, 4) is 0 Å². The van der Waals surface area contributed by atoms with E-state index < -0.39 is 183 Å². The van der Waals surface area contributed by atoms with Crippen molar-refractivity contribution in [3.05, 3.63) is 12.2 Å². The lowest BCUT2D eigenvalue weighted by molar-refractivity contribution is -0.361. The van der Waals surface area contributed by atoms with Gasteiger partial charge in [-0.15, -0.1) is 0 Å². The second-order valence-electron chi connectivity index (χ2n) is 19.1. The third kappa shape index (κ3) is 19.3. The number of ether oxygens (including phenoxy) is 7. The van der Waals surface area contributed by atoms with E-state index in [9.17, 15) is 78.1 Å². The van der Waals surface area contributed by atoms with E-state index in [1.165, 1.54) is 25.7 Å². The Hall–Kier alpha value is -3.15. The first-order valence-corrected chi connectivity index (χ1v) is 26.8. The van der Waals surface area contributed by atoms with Crippen LogP contribution < -0.4 is 21.3 Å². The number of carbonyl (C=O) groups excluding carboxylic acids is 4. The van der Waals surface area contributed by atoms with Crippen LogP contribution in [0.2, 0.25) is 0 Å². The van der Waals surface area contributed by atoms with Gasteiger partial charge in [0.2, 0.25) is 23.6 Å². The van der Waals surface area contributed by atoms with E-state index in [0.29, 0.717) is 6.42 Å². The first-order chi connectivity index (χ1) is 35.5. The van der Waals surface area contributed by atoms with Crippen molar-refractivity contribution in [3.63, 3.8) is 0 Å². The van der Waals surface area contributed by atoms with Gasteiger partial charge in [0, 0.05) is 27.2 Å². The van der Waals surface area contributed by atoms with Crippen LogP contribution >= 0.6 is 0 Å². The van der Waals surface area contributed by atoms with Crippen molar-refractivity contribution in [2.45, 2.75) is 227 Å². The number of allylic oxidation sites excluding steroid dienone is 2. The van der Waals surface area contributed by atoms with Crippen molar-refractivity contribution in [1.29, 1.82) is 0 Å². The molecule has 4 aliphatic rings. The van der Waals surface area contributed by atoms with E-state index in [1.807, 2.05) is 0 Å². The molecule has 0 bridgehead atoms. The summed E-state index contributed by atoms with van der Waals surface area (Å²) >= 11 is 0. The molecule has 4 heterocycles. The molecule has 0 radical (unpaired) electrons. The van der Waals surface area contributed by atoms with E-state index in [4.69, 9.17) is 33.2 Å². The smallest absolute Gasteiger partial charge is 0.394 e. The molecule has 4 saturated heterocycles. The standard InChI is InChI=1S/C46H80N4O24S/c1-5-6-7-8-9-10-11-12-13-14-15-16-17-18-30(57)50-32-36(59)35(58)26(19-51)69-44(32)72-40-27(20-52)70-45(33(38(40)61)48-24(3)55)73-41-28(21-53)71-46(34(39(41)62)49-25(4)56)74-42-29(22-67-75(64,65)66)68-43(63)31(37(42)60)47-23(2)54/h10-11,26-29,31-46,51-53,58-63H,5-9,12-22H2,1-4H3,(H,47,54)(H,48,55)(H,49,56)(H,50,57)(H,64,65,66)/b11-10-. The van der Waals surface area contributed by atoms with Crippen molar-refractivity contribution >= 4 is 34.0 Å². The van der Waals surface area contributed by atoms with Crippen molar-refractivity contribution in [2.24, 2.45) is 0 Å². The maximum absolute atomic E-state index is 13.3. The Morgan fingerprint density at radius 3 is 1.36 bits per heavy atom. The number of hydrogen-bond acceptors (Lipinski definition) is 23. The van der Waals surface area contributed by atoms with Gasteiger partial charge in [0.1, 0.15) is 97.4 Å². The minimum atomic E-state index is -5.15. The second-order valence-corrected chi connectivity index (χ2v) is 20.2. The Labute approximate surface area is 435 Å². The maximum Gasteiger partial charge on any atom is 0.397 e. The molecule has 75 heavy (non-hydrogen) atoms. The number of aliphatic hydroxyl groups is 9. The highest BCUT2D eigenvalue weighted by atomic mass is 32.3. The topological polar surface area (TPSA) is 427 Å². The number of rotatable bonds is 29. The third-order valence-corrected chi connectivity index (χ3v) is 13.6. The molecule has 0 aliphatic carbocycles. The van der Waals surface area contributed by atoms with E-state index in [2.05, 4.69) is 44.5 Å². The molecule has 28 nitrogen and oxygen atoms in total. The van der Waals surface area contributed by atoms with Crippen molar-refractivity contribution in [1.82, 2.24) is 21.3 Å². The van der Waals surface area contributed by atoms with E-state index >= 15 is 0 Å². The van der Waals surface area contributed by atoms with Crippen LogP contribution in [0.5, 0.6) is 0 Å². The summed E-state index contributed by atoms with van der Waals surface area (Å²) in [6.07, 6.45) is -13.5. The molecule has 0 aromatic heterocycles. The summed E-state index contributed by atoms with van der Waals surface area (Å²) in [5.74, 6) is -2.91. The molecule has 0 spiro atoms. The SMILES string of the molecule is CCCCCC/C=C\CCCCCCCC(=O)NC1C(OC2C(CO)OC(OC3C(CO)OC(OC4C(COS(=O)(=O)O)OC(O)C(NC(C)=O)C4O)C(NC(C)=O)C3O)C(NC(C)=O)C2O)OC(CO)C(O)C1O. The predicted octanol–water partition coefficient (Wildman–Crippen LogP) is -4.11. The van der Waals surface area contributed by atoms with Crippen LogP contribution in [0, 0.1) is 0 Å². The van der Waals surface area contributed by atoms with Gasteiger partial charge < -0.3 is 100 Å². The zero-order valence-corrected chi connectivity index (χ0v) is 43.4. The van der Waals surface area contributed by atoms with Gasteiger partial charge in [0.25, 0.3) is 0 Å². The molecule has 20 atom stereocenters. The van der Waals surface area contributed by atoms with Crippen LogP contribution in [0.3, 0.4) is 0 Å². The van der Waals surface area contributed by atoms with Crippen LogP contribution in [-0.2, 0) is 66.9 Å². The molecule has 29 heteroatoms. The summed E-state index contributed by atoms with van der Waals surface area (Å²) in [6, 6.07) is -6.58. The number of carbonyl (C=O) groups is 4. The summed E-state index contributed by atoms with van der Waals surface area (Å²) in [5.41, 5.74) is 0. The molecule has 4 amide bonds. The van der Waals surface area contributed by atoms with Crippen molar-refractivity contribution in [2.75, 3.05) is 26.4 Å². The second kappa shape index (κ2) is 31.4. The number of hydrogen-bond donors (Lipinski definition) is 14. The minimum absolute atomic E-state index is 0.0269. The van der Waals surface area contributed by atoms with E-state index in [-0.39, 0.29) is 6.42 Å². The minimum Gasteiger partial charge on any atom is -0.394 e. The highest BCUT2D eigenvalue weighted by molar-refractivity contribution is 7.80. The number of unbranched alkanes of at least 4 members (excludes halogenated alkanes) is 9. The maximum atomic E-state index is 13.3. The summed E-state index contributed by atoms with van der Waals surface area (Å²) in [7, 11) is -5.15. The molecule has 14 N–H and O–H groups in total. The summed E-state index contributed by atoms with van der Waals surface area (Å²) in [5, 5.41) is 109. The third-order valence-electron chi connectivity index (χ3n) is 13.1. The van der Waals surface area contributed by atoms with Crippen molar-refractivity contribution < 1.29 is 115 Å². The summed E-state index contributed by atoms with van der Waals surface area (Å²) in [4.78, 5) is 50.5. The average molecular weight is 1110 g/mol. The van der Waals surface area contributed by atoms with Gasteiger partial charge >= 0.3 is 10.4 Å². The van der Waals surface area contributed by atoms with Gasteiger partial charge in [0.15, 0.2) is 25.2 Å². The Balaban J connectivity index is 1.50. The Bertz CT molecular complexity index is 1910. The fourth-order valence-corrected chi connectivity index (χ4v) is 9.64. The Kier molecular flexibility index (Phi) is 27.0. The fraction of sp³-hybridized carbons (Fsp3) is 0.870. The first kappa shape index (κ1) is 64.4. The number of aliphatic hydroxyl groups excluding tert-OH is 9. The quantitative estimate of drug-likeness (QED) is 0.0192. The molecule has 0 aromatic carbocycles. The molecular formula is C46H80N4O24S. The van der Waals surface area contributed by atoms with Gasteiger partial charge in [-0.25, -0.2) is 4.18 Å². The van der Waals surface area contributed by atoms with Gasteiger partial charge in [0.05, 0.1) is 26.4 Å². The van der Waals surface area contributed by atoms with E-state index in [0.717, 1.165) is 59.3 Å². The van der Waals surface area contributed by atoms with Gasteiger partial charge in [-0.1, -0.05) is 57.6 Å². The molecule has 434 valence electrons. The average Bonchev–Trinajstić information content (AvgIpc) is 3.34. The van der Waals surface area contributed by atoms with Crippen LogP contribution in [0.25, 0.3) is 0 Å². The zero-order chi connectivity index (χ0) is 55.6. The fourth-order valence-electron chi connectivity index (χ4n) is 9.34. The Morgan fingerprint density at radius 1 is 0.507 bits per heavy atom. The zero-order valence-electron chi connectivity index (χ0n) is 42.6. The molecular weight excluding hydrogens is 1020 g/mol. The van der Waals surface area contributed by atoms with Crippen LogP contribution in [0.1, 0.15) is 105 Å². The lowest BCUT2D eigenvalue weighted by Gasteiger charge is -2.51. The Morgan fingerprint density at radius 2 is 0.907 bits per heavy atom. The van der Waals surface area contributed by atoms with Crippen LogP contribution in [-0.4, -0.2) is 232 Å². The first-order valence-electron chi connectivity index (χ1n) is 25.4. The molecule has 0 saturated carbocycles. The number of nitrogens with one attached hydrogen (secondary N) is 4. The lowest BCUT2D eigenvalue weighted by atomic mass is 9.93. The van der Waals surface area contributed by atoms with Crippen LogP contribution in [0.15, 0.2) is 12.2 Å². The molecule has 0 aromatic rings. The number of amides is 4. The predicted molar refractivity (Wildman–Crippen MR) is 255 cm³/mol. The normalized spacial score (nSPS) is 36.5. The van der Waals surface area contributed by atoms with E-state index in [1.54, 1.807) is 0 Å². The largest absolute Gasteiger partial charge is 0.397 e. The molecule has 4 aliphatic heterocycles. The molecule has 4 fully saturated rings. The highest BCUT2D eigenvalue weighted by Gasteiger charge is 2.56. The van der Waals surface area contributed by atoms with Gasteiger partial charge in [-0.2, -0.15) is 8.42 Å². The monoisotopic (exact) mass is 1100 g/mol. The molecule has 20 unspecified atom stereocenters. The van der Waals surface area contributed by atoms with Gasteiger partial charge in [-0.05, 0) is 32.1 Å².